The predicted octanol–water partition coefficient (Wildman–Crippen LogP) is 7.54. The van der Waals surface area contributed by atoms with Gasteiger partial charge < -0.3 is 4.57 Å². The van der Waals surface area contributed by atoms with E-state index in [9.17, 15) is 0 Å². The Balaban J connectivity index is 2.13. The first-order chi connectivity index (χ1) is 11.1. The van der Waals surface area contributed by atoms with Gasteiger partial charge in [-0.1, -0.05) is 65.0 Å². The van der Waals surface area contributed by atoms with Crippen molar-refractivity contribution < 1.29 is 0 Å². The molecule has 2 aromatic carbocycles. The Kier molecular flexibility index (Phi) is 5.48. The summed E-state index contributed by atoms with van der Waals surface area (Å²) in [5.41, 5.74) is 2.69. The maximum atomic E-state index is 3.62. The third kappa shape index (κ3) is 3.51. The molecule has 0 N–H and O–H groups in total. The summed E-state index contributed by atoms with van der Waals surface area (Å²) in [4.78, 5) is 0. The number of benzene rings is 2. The molecule has 1 heterocycles. The molecule has 0 amide bonds. The molecule has 122 valence electrons. The van der Waals surface area contributed by atoms with Crippen molar-refractivity contribution >= 4 is 53.7 Å². The van der Waals surface area contributed by atoms with Gasteiger partial charge in [0.1, 0.15) is 0 Å². The minimum Gasteiger partial charge on any atom is -0.340 e. The molecule has 0 unspecified atom stereocenters. The molecule has 0 aliphatic carbocycles. The third-order valence-corrected chi connectivity index (χ3v) is 5.76. The van der Waals surface area contributed by atoms with Crippen LogP contribution in [-0.4, -0.2) is 4.57 Å². The van der Waals surface area contributed by atoms with Gasteiger partial charge in [-0.2, -0.15) is 0 Å². The minimum atomic E-state index is 0.751. The molecule has 3 heteroatoms. The molecule has 0 aliphatic rings. The molecule has 0 aliphatic heterocycles. The van der Waals surface area contributed by atoms with Crippen LogP contribution in [0, 0.1) is 5.92 Å². The predicted molar refractivity (Wildman–Crippen MR) is 108 cm³/mol. The molecule has 0 radical (unpaired) electrons. The van der Waals surface area contributed by atoms with E-state index in [0.717, 1.165) is 21.4 Å². The molecule has 23 heavy (non-hydrogen) atoms. The summed E-state index contributed by atoms with van der Waals surface area (Å²) in [5.74, 6) is 0.751. The highest BCUT2D eigenvalue weighted by atomic mass is 79.9. The first-order valence-corrected chi connectivity index (χ1v) is 10.1. The van der Waals surface area contributed by atoms with Crippen molar-refractivity contribution in [1.29, 1.82) is 0 Å². The largest absolute Gasteiger partial charge is 0.340 e. The van der Waals surface area contributed by atoms with Crippen LogP contribution in [0.15, 0.2) is 45.3 Å². The summed E-state index contributed by atoms with van der Waals surface area (Å²) in [7, 11) is 0. The lowest BCUT2D eigenvalue weighted by Gasteiger charge is -2.17. The van der Waals surface area contributed by atoms with E-state index in [2.05, 4.69) is 86.7 Å². The van der Waals surface area contributed by atoms with Gasteiger partial charge >= 0.3 is 0 Å². The van der Waals surface area contributed by atoms with Crippen LogP contribution in [0.1, 0.15) is 39.5 Å². The quantitative estimate of drug-likeness (QED) is 0.376. The zero-order chi connectivity index (χ0) is 16.4. The van der Waals surface area contributed by atoms with E-state index < -0.39 is 0 Å². The van der Waals surface area contributed by atoms with Gasteiger partial charge in [-0.25, -0.2) is 0 Å². The fourth-order valence-corrected chi connectivity index (χ4v) is 4.14. The van der Waals surface area contributed by atoms with Crippen molar-refractivity contribution in [3.8, 4) is 0 Å². The average molecular weight is 437 g/mol. The highest BCUT2D eigenvalue weighted by Gasteiger charge is 2.14. The van der Waals surface area contributed by atoms with Crippen LogP contribution >= 0.6 is 31.9 Å². The summed E-state index contributed by atoms with van der Waals surface area (Å²) < 4.78 is 4.80. The highest BCUT2D eigenvalue weighted by Crippen LogP contribution is 2.34. The van der Waals surface area contributed by atoms with Crippen molar-refractivity contribution in [3.63, 3.8) is 0 Å². The van der Waals surface area contributed by atoms with Crippen LogP contribution in [-0.2, 0) is 6.54 Å². The molecule has 0 fully saturated rings. The lowest BCUT2D eigenvalue weighted by Crippen LogP contribution is -2.10. The monoisotopic (exact) mass is 435 g/mol. The number of hydrogen-bond acceptors (Lipinski definition) is 0. The van der Waals surface area contributed by atoms with Crippen LogP contribution in [0.3, 0.4) is 0 Å². The van der Waals surface area contributed by atoms with Gasteiger partial charge in [-0.15, -0.1) is 0 Å². The molecular formula is C20H23Br2N. The highest BCUT2D eigenvalue weighted by molar-refractivity contribution is 9.10. The van der Waals surface area contributed by atoms with Crippen molar-refractivity contribution in [2.45, 2.75) is 46.1 Å². The van der Waals surface area contributed by atoms with E-state index in [1.165, 1.54) is 47.5 Å². The summed E-state index contributed by atoms with van der Waals surface area (Å²) in [6.45, 7) is 5.71. The number of rotatable bonds is 6. The van der Waals surface area contributed by atoms with Crippen LogP contribution in [0.2, 0.25) is 0 Å². The van der Waals surface area contributed by atoms with Gasteiger partial charge in [-0.05, 0) is 48.7 Å². The zero-order valence-electron chi connectivity index (χ0n) is 13.8. The van der Waals surface area contributed by atoms with Gasteiger partial charge in [0.05, 0.1) is 0 Å². The normalized spacial score (nSPS) is 13.0. The summed E-state index contributed by atoms with van der Waals surface area (Å²) in [5, 5.41) is 2.67. The van der Waals surface area contributed by atoms with Crippen molar-refractivity contribution in [3.05, 3.63) is 45.3 Å². The first kappa shape index (κ1) is 17.0. The number of unbranched alkanes of at least 4 members (excludes halogenated alkanes) is 1. The molecule has 0 bridgehead atoms. The smallest absolute Gasteiger partial charge is 0.0492 e. The first-order valence-electron chi connectivity index (χ1n) is 8.51. The Bertz CT molecular complexity index is 760. The second-order valence-electron chi connectivity index (χ2n) is 6.35. The Morgan fingerprint density at radius 3 is 1.96 bits per heavy atom. The number of fused-ring (bicyclic) bond motifs is 3. The van der Waals surface area contributed by atoms with E-state index in [4.69, 9.17) is 0 Å². The molecule has 0 saturated heterocycles. The molecular weight excluding hydrogens is 414 g/mol. The van der Waals surface area contributed by atoms with Crippen molar-refractivity contribution in [2.75, 3.05) is 0 Å². The Hall–Kier alpha value is -0.800. The average Bonchev–Trinajstić information content (AvgIpc) is 2.84. The lowest BCUT2D eigenvalue weighted by atomic mass is 9.99. The van der Waals surface area contributed by atoms with Gasteiger partial charge in [-0.3, -0.25) is 0 Å². The molecule has 1 atom stereocenters. The maximum Gasteiger partial charge on any atom is 0.0492 e. The van der Waals surface area contributed by atoms with Crippen molar-refractivity contribution in [2.24, 2.45) is 5.92 Å². The summed E-state index contributed by atoms with van der Waals surface area (Å²) >= 11 is 7.25. The second-order valence-corrected chi connectivity index (χ2v) is 8.18. The van der Waals surface area contributed by atoms with E-state index >= 15 is 0 Å². The number of halogens is 2. The molecule has 1 aromatic heterocycles. The van der Waals surface area contributed by atoms with Crippen LogP contribution in [0.4, 0.5) is 0 Å². The van der Waals surface area contributed by atoms with Crippen LogP contribution < -0.4 is 0 Å². The number of nitrogens with zero attached hydrogens (tertiary/aromatic N) is 1. The van der Waals surface area contributed by atoms with Crippen molar-refractivity contribution in [1.82, 2.24) is 4.57 Å². The second kappa shape index (κ2) is 7.40. The van der Waals surface area contributed by atoms with E-state index in [0.29, 0.717) is 0 Å². The van der Waals surface area contributed by atoms with Gasteiger partial charge in [0.2, 0.25) is 0 Å². The van der Waals surface area contributed by atoms with E-state index in [-0.39, 0.29) is 0 Å². The Morgan fingerprint density at radius 2 is 1.48 bits per heavy atom. The van der Waals surface area contributed by atoms with Crippen LogP contribution in [0.5, 0.6) is 0 Å². The fraction of sp³-hybridized carbons (Fsp3) is 0.400. The molecule has 0 saturated carbocycles. The zero-order valence-corrected chi connectivity index (χ0v) is 17.0. The minimum absolute atomic E-state index is 0.751. The Morgan fingerprint density at radius 1 is 0.913 bits per heavy atom. The third-order valence-electron chi connectivity index (χ3n) is 4.77. The summed E-state index contributed by atoms with van der Waals surface area (Å²) in [6.07, 6.45) is 5.17. The van der Waals surface area contributed by atoms with Crippen LogP contribution in [0.25, 0.3) is 21.8 Å². The van der Waals surface area contributed by atoms with E-state index in [1.54, 1.807) is 0 Å². The topological polar surface area (TPSA) is 4.93 Å². The maximum absolute atomic E-state index is 3.62. The number of hydrogen-bond donors (Lipinski definition) is 0. The standard InChI is InChI=1S/C20H23Br2N/c1-3-5-6-14(4-2)13-23-19-9-7-15(21)11-17(19)18-12-16(22)8-10-20(18)23/h7-12,14H,3-6,13H2,1-2H3/t14-/m1/s1. The Labute approximate surface area is 155 Å². The molecule has 0 spiro atoms. The molecule has 1 nitrogen and oxygen atoms in total. The van der Waals surface area contributed by atoms with Gasteiger partial charge in [0.25, 0.3) is 0 Å². The van der Waals surface area contributed by atoms with Gasteiger partial charge in [0.15, 0.2) is 0 Å². The van der Waals surface area contributed by atoms with Gasteiger partial charge in [0, 0.05) is 37.3 Å². The van der Waals surface area contributed by atoms with E-state index in [1.807, 2.05) is 0 Å². The lowest BCUT2D eigenvalue weighted by molar-refractivity contribution is 0.401. The molecule has 3 rings (SSSR count). The summed E-state index contributed by atoms with van der Waals surface area (Å²) in [6, 6.07) is 13.3. The number of aromatic nitrogens is 1. The molecule has 3 aromatic rings. The fourth-order valence-electron chi connectivity index (χ4n) is 3.42. The SMILES string of the molecule is CCCC[C@@H](CC)Cn1c2ccc(Br)cc2c2cc(Br)ccc21.